The highest BCUT2D eigenvalue weighted by Crippen LogP contribution is 2.32. The van der Waals surface area contributed by atoms with Crippen molar-refractivity contribution in [2.24, 2.45) is 0 Å². The minimum absolute atomic E-state index is 0.0183. The van der Waals surface area contributed by atoms with Crippen LogP contribution in [0.5, 0.6) is 0 Å². The lowest BCUT2D eigenvalue weighted by Crippen LogP contribution is -2.10. The first-order valence-corrected chi connectivity index (χ1v) is 11.3. The Hall–Kier alpha value is -4.27. The summed E-state index contributed by atoms with van der Waals surface area (Å²) in [6.45, 7) is 0. The molecule has 0 amide bonds. The van der Waals surface area contributed by atoms with Crippen molar-refractivity contribution < 1.29 is 26.7 Å². The minimum Gasteiger partial charge on any atom is -0.294 e. The van der Waals surface area contributed by atoms with Gasteiger partial charge in [0.1, 0.15) is 18.0 Å². The highest BCUT2D eigenvalue weighted by atomic mass is 19.4. The lowest BCUT2D eigenvalue weighted by molar-refractivity contribution is -0.137. The Kier molecular flexibility index (Phi) is 6.37. The van der Waals surface area contributed by atoms with Crippen LogP contribution in [0.25, 0.3) is 17.3 Å². The van der Waals surface area contributed by atoms with E-state index in [0.29, 0.717) is 29.4 Å². The molecule has 0 bridgehead atoms. The molecule has 0 aliphatic heterocycles. The van der Waals surface area contributed by atoms with E-state index >= 15 is 0 Å². The van der Waals surface area contributed by atoms with Crippen molar-refractivity contribution in [1.82, 2.24) is 15.0 Å². The van der Waals surface area contributed by atoms with Gasteiger partial charge in [-0.15, -0.1) is 0 Å². The minimum atomic E-state index is -4.62. The first kappa shape index (κ1) is 24.4. The molecule has 0 spiro atoms. The Morgan fingerprint density at radius 3 is 2.54 bits per heavy atom. The number of aromatic nitrogens is 3. The summed E-state index contributed by atoms with van der Waals surface area (Å²) in [5.74, 6) is -2.50. The lowest BCUT2D eigenvalue weighted by atomic mass is 9.96. The molecule has 0 unspecified atom stereocenters. The Labute approximate surface area is 208 Å². The number of ketones is 1. The number of benzene rings is 2. The fraction of sp³-hybridized carbons (Fsp3) is 0.143. The summed E-state index contributed by atoms with van der Waals surface area (Å²) < 4.78 is 68.5. The van der Waals surface area contributed by atoms with Gasteiger partial charge in [-0.2, -0.15) is 13.2 Å². The van der Waals surface area contributed by atoms with Crippen molar-refractivity contribution in [1.29, 1.82) is 0 Å². The van der Waals surface area contributed by atoms with Gasteiger partial charge in [0, 0.05) is 48.2 Å². The van der Waals surface area contributed by atoms with Crippen LogP contribution in [0.4, 0.5) is 22.0 Å². The summed E-state index contributed by atoms with van der Waals surface area (Å²) >= 11 is 0. The summed E-state index contributed by atoms with van der Waals surface area (Å²) in [6.07, 6.45) is 2.39. The number of pyridine rings is 1. The van der Waals surface area contributed by atoms with Crippen LogP contribution in [0, 0.1) is 11.6 Å². The molecule has 2 heterocycles. The van der Waals surface area contributed by atoms with E-state index in [1.165, 1.54) is 18.5 Å². The largest absolute Gasteiger partial charge is 0.416 e. The van der Waals surface area contributed by atoms with Gasteiger partial charge in [0.25, 0.3) is 0 Å². The maximum atomic E-state index is 14.8. The number of fused-ring (bicyclic) bond motifs is 1. The number of hydrogen-bond acceptors (Lipinski definition) is 4. The molecule has 1 aliphatic carbocycles. The van der Waals surface area contributed by atoms with Crippen molar-refractivity contribution in [2.45, 2.75) is 25.4 Å². The molecule has 0 saturated heterocycles. The van der Waals surface area contributed by atoms with E-state index in [-0.39, 0.29) is 23.1 Å². The molecule has 4 nitrogen and oxygen atoms in total. The molecule has 1 aliphatic rings. The summed E-state index contributed by atoms with van der Waals surface area (Å²) in [4.78, 5) is 25.7. The molecule has 5 rings (SSSR count). The molecule has 186 valence electrons. The third-order valence-electron chi connectivity index (χ3n) is 6.14. The van der Waals surface area contributed by atoms with E-state index in [9.17, 15) is 26.7 Å². The van der Waals surface area contributed by atoms with Crippen molar-refractivity contribution in [3.05, 3.63) is 118 Å². The SMILES string of the molecule is O=C(Cc1cc(Cc2ncccc2-c2ncnc3c2C=CC3)c(F)cc1F)c1cccc(C(F)(F)F)c1. The number of carbonyl (C=O) groups is 1. The standard InChI is InChI=1S/C28H18F5N3O/c29-22-14-23(30)18(13-26(37)16-4-1-5-19(11-16)28(31,32)33)10-17(22)12-25-21(7-3-9-34-25)27-20-6-2-8-24(20)35-15-36-27/h1-7,9-11,14-15H,8,12-13H2. The average Bonchev–Trinajstić information content (AvgIpc) is 3.36. The Balaban J connectivity index is 1.46. The summed E-state index contributed by atoms with van der Waals surface area (Å²) in [5.41, 5.74) is 2.29. The number of nitrogens with zero attached hydrogens (tertiary/aromatic N) is 3. The van der Waals surface area contributed by atoms with Gasteiger partial charge in [0.15, 0.2) is 5.78 Å². The molecular formula is C28H18F5N3O. The van der Waals surface area contributed by atoms with E-state index in [1.807, 2.05) is 12.2 Å². The van der Waals surface area contributed by atoms with Crippen LogP contribution in [0.15, 0.2) is 67.1 Å². The predicted octanol–water partition coefficient (Wildman–Crippen LogP) is 6.42. The number of halogens is 5. The van der Waals surface area contributed by atoms with Gasteiger partial charge in [-0.3, -0.25) is 9.78 Å². The van der Waals surface area contributed by atoms with Gasteiger partial charge in [-0.1, -0.05) is 24.3 Å². The molecule has 0 N–H and O–H groups in total. The molecule has 37 heavy (non-hydrogen) atoms. The highest BCUT2D eigenvalue weighted by Gasteiger charge is 2.31. The number of alkyl halides is 3. The zero-order valence-electron chi connectivity index (χ0n) is 19.2. The van der Waals surface area contributed by atoms with Gasteiger partial charge in [0.05, 0.1) is 22.6 Å². The smallest absolute Gasteiger partial charge is 0.294 e. The third kappa shape index (κ3) is 5.02. The van der Waals surface area contributed by atoms with Crippen LogP contribution < -0.4 is 0 Å². The van der Waals surface area contributed by atoms with Gasteiger partial charge in [0.2, 0.25) is 0 Å². The van der Waals surface area contributed by atoms with Gasteiger partial charge >= 0.3 is 6.18 Å². The number of hydrogen-bond donors (Lipinski definition) is 0. The van der Waals surface area contributed by atoms with Gasteiger partial charge in [-0.25, -0.2) is 18.7 Å². The number of allylic oxidation sites excluding steroid dienone is 1. The van der Waals surface area contributed by atoms with Gasteiger partial charge < -0.3 is 0 Å². The van der Waals surface area contributed by atoms with Crippen molar-refractivity contribution in [2.75, 3.05) is 0 Å². The first-order chi connectivity index (χ1) is 17.7. The molecule has 4 aromatic rings. The number of carbonyl (C=O) groups excluding carboxylic acids is 1. The molecule has 0 radical (unpaired) electrons. The fourth-order valence-corrected chi connectivity index (χ4v) is 4.31. The van der Waals surface area contributed by atoms with Crippen LogP contribution >= 0.6 is 0 Å². The van der Waals surface area contributed by atoms with Crippen molar-refractivity contribution in [3.8, 4) is 11.3 Å². The normalized spacial score (nSPS) is 12.6. The molecule has 0 atom stereocenters. The molecule has 0 fully saturated rings. The molecule has 9 heteroatoms. The van der Waals surface area contributed by atoms with Crippen LogP contribution in [-0.2, 0) is 25.4 Å². The maximum Gasteiger partial charge on any atom is 0.416 e. The number of Topliss-reactive ketones (excluding diaryl/α,β-unsaturated/α-hetero) is 1. The fourth-order valence-electron chi connectivity index (χ4n) is 4.31. The van der Waals surface area contributed by atoms with E-state index < -0.39 is 35.6 Å². The molecular weight excluding hydrogens is 489 g/mol. The monoisotopic (exact) mass is 507 g/mol. The second-order valence-corrected chi connectivity index (χ2v) is 8.58. The Morgan fingerprint density at radius 1 is 0.919 bits per heavy atom. The predicted molar refractivity (Wildman–Crippen MR) is 127 cm³/mol. The third-order valence-corrected chi connectivity index (χ3v) is 6.14. The van der Waals surface area contributed by atoms with E-state index in [0.717, 1.165) is 29.5 Å². The van der Waals surface area contributed by atoms with Crippen LogP contribution in [0.3, 0.4) is 0 Å². The molecule has 0 saturated carbocycles. The van der Waals surface area contributed by atoms with E-state index in [4.69, 9.17) is 0 Å². The first-order valence-electron chi connectivity index (χ1n) is 11.3. The lowest BCUT2D eigenvalue weighted by Gasteiger charge is -2.13. The van der Waals surface area contributed by atoms with Gasteiger partial charge in [-0.05, 0) is 41.5 Å². The van der Waals surface area contributed by atoms with Crippen LogP contribution in [-0.4, -0.2) is 20.7 Å². The van der Waals surface area contributed by atoms with Crippen molar-refractivity contribution in [3.63, 3.8) is 0 Å². The Morgan fingerprint density at radius 2 is 1.73 bits per heavy atom. The Bertz CT molecular complexity index is 1550. The van der Waals surface area contributed by atoms with E-state index in [1.54, 1.807) is 18.3 Å². The molecule has 2 aromatic carbocycles. The molecule has 2 aromatic heterocycles. The second-order valence-electron chi connectivity index (χ2n) is 8.58. The maximum absolute atomic E-state index is 14.8. The summed E-state index contributed by atoms with van der Waals surface area (Å²) in [7, 11) is 0. The van der Waals surface area contributed by atoms with Crippen LogP contribution in [0.2, 0.25) is 0 Å². The number of rotatable bonds is 6. The van der Waals surface area contributed by atoms with E-state index in [2.05, 4.69) is 15.0 Å². The zero-order valence-corrected chi connectivity index (χ0v) is 19.2. The summed E-state index contributed by atoms with van der Waals surface area (Å²) in [5, 5.41) is 0. The highest BCUT2D eigenvalue weighted by molar-refractivity contribution is 5.97. The topological polar surface area (TPSA) is 55.7 Å². The summed E-state index contributed by atoms with van der Waals surface area (Å²) in [6, 6.07) is 9.35. The van der Waals surface area contributed by atoms with Crippen LogP contribution in [0.1, 0.15) is 44.0 Å². The zero-order chi connectivity index (χ0) is 26.2. The quantitative estimate of drug-likeness (QED) is 0.223. The average molecular weight is 507 g/mol. The second kappa shape index (κ2) is 9.65. The van der Waals surface area contributed by atoms with Crippen molar-refractivity contribution >= 4 is 11.9 Å².